The third-order valence-electron chi connectivity index (χ3n) is 7.27. The molecule has 3 rings (SSSR count). The summed E-state index contributed by atoms with van der Waals surface area (Å²) in [6.07, 6.45) is 2.53. The number of hydrogen-bond donors (Lipinski definition) is 3. The van der Waals surface area contributed by atoms with Gasteiger partial charge in [0, 0.05) is 36.0 Å². The zero-order valence-electron chi connectivity index (χ0n) is 21.1. The Kier molecular flexibility index (Phi) is 11.0. The molecule has 206 valence electrons. The summed E-state index contributed by atoms with van der Waals surface area (Å²) in [6, 6.07) is 5.59. The smallest absolute Gasteiger partial charge is 0.326 e. The lowest BCUT2D eigenvalue weighted by atomic mass is 9.79. The lowest BCUT2D eigenvalue weighted by molar-refractivity contribution is -0.153. The zero-order chi connectivity index (χ0) is 28.2. The molecule has 2 amide bonds. The van der Waals surface area contributed by atoms with Crippen molar-refractivity contribution in [2.75, 3.05) is 13.1 Å². The van der Waals surface area contributed by atoms with Crippen molar-refractivity contribution < 1.29 is 24.6 Å². The number of benzene rings is 2. The average Bonchev–Trinajstić information content (AvgIpc) is 3.42. The minimum Gasteiger partial charge on any atom is -0.506 e. The van der Waals surface area contributed by atoms with Crippen LogP contribution in [0.4, 0.5) is 0 Å². The highest BCUT2D eigenvalue weighted by Gasteiger charge is 2.46. The Balaban J connectivity index is 1.97. The summed E-state index contributed by atoms with van der Waals surface area (Å²) in [5.74, 6) is -1.96. The van der Waals surface area contributed by atoms with Crippen LogP contribution in [-0.4, -0.2) is 52.0 Å². The van der Waals surface area contributed by atoms with Gasteiger partial charge in [-0.25, -0.2) is 4.79 Å². The van der Waals surface area contributed by atoms with Crippen LogP contribution in [0, 0.1) is 12.6 Å². The number of phenolic OH excluding ortho intramolecular Hbond substituents is 1. The number of phenols is 1. The number of halogens is 4. The molecule has 1 atom stereocenters. The number of rotatable bonds is 10. The number of nitrogens with one attached hydrogen (secondary N) is 1. The van der Waals surface area contributed by atoms with Gasteiger partial charge in [-0.05, 0) is 106 Å². The van der Waals surface area contributed by atoms with E-state index >= 15 is 0 Å². The fraction of sp³-hybridized carbons (Fsp3) is 0.444. The van der Waals surface area contributed by atoms with Crippen LogP contribution in [0.5, 0.6) is 5.75 Å². The van der Waals surface area contributed by atoms with Crippen molar-refractivity contribution >= 4 is 86.2 Å². The number of carboxylic acids is 1. The predicted molar refractivity (Wildman–Crippen MR) is 165 cm³/mol. The second-order valence-corrected chi connectivity index (χ2v) is 12.4. The summed E-state index contributed by atoms with van der Waals surface area (Å²) < 4.78 is 1.10. The molecule has 0 aromatic heterocycles. The average molecular weight is 787 g/mol. The van der Waals surface area contributed by atoms with Crippen molar-refractivity contribution in [1.29, 1.82) is 0 Å². The third kappa shape index (κ3) is 6.52. The van der Waals surface area contributed by atoms with E-state index in [1.54, 1.807) is 43.0 Å². The maximum absolute atomic E-state index is 13.6. The van der Waals surface area contributed by atoms with E-state index in [0.29, 0.717) is 47.0 Å². The molecule has 1 aliphatic heterocycles. The van der Waals surface area contributed by atoms with Gasteiger partial charge in [0.25, 0.3) is 0 Å². The van der Waals surface area contributed by atoms with E-state index in [-0.39, 0.29) is 37.3 Å². The van der Waals surface area contributed by atoms with E-state index in [1.807, 2.05) is 45.2 Å². The molecule has 0 spiro atoms. The summed E-state index contributed by atoms with van der Waals surface area (Å²) in [7, 11) is 0. The van der Waals surface area contributed by atoms with Crippen LogP contribution in [0.25, 0.3) is 0 Å². The van der Waals surface area contributed by atoms with E-state index in [4.69, 9.17) is 23.2 Å². The highest BCUT2D eigenvalue weighted by atomic mass is 127. The van der Waals surface area contributed by atoms with Crippen molar-refractivity contribution in [3.05, 3.63) is 58.1 Å². The molecule has 0 unspecified atom stereocenters. The van der Waals surface area contributed by atoms with Gasteiger partial charge in [-0.1, -0.05) is 43.1 Å². The molecule has 0 aliphatic carbocycles. The second-order valence-electron chi connectivity index (χ2n) is 9.39. The zero-order valence-corrected chi connectivity index (χ0v) is 26.9. The summed E-state index contributed by atoms with van der Waals surface area (Å²) in [5, 5.41) is 24.3. The predicted octanol–water partition coefficient (Wildman–Crippen LogP) is 6.04. The van der Waals surface area contributed by atoms with Gasteiger partial charge in [-0.2, -0.15) is 0 Å². The molecule has 38 heavy (non-hydrogen) atoms. The summed E-state index contributed by atoms with van der Waals surface area (Å²) in [6.45, 7) is 4.77. The first-order valence-electron chi connectivity index (χ1n) is 12.4. The number of hydrogen-bond acceptors (Lipinski definition) is 4. The normalized spacial score (nSPS) is 14.4. The van der Waals surface area contributed by atoms with Crippen LogP contribution >= 0.6 is 68.4 Å². The fourth-order valence-corrected chi connectivity index (χ4v) is 7.38. The second kappa shape index (κ2) is 13.4. The van der Waals surface area contributed by atoms with E-state index in [9.17, 15) is 24.6 Å². The standard InChI is InChI=1S/C27H30Cl2I2N2O5/c1-3-27(4-2,26(38)33-10-5-6-11-33)25(37)32-21(24(35)36)13-15-12-20(30)23(34)22(31)16(15)14-17-18(28)8-7-9-19(17)29/h7-9,12,21,34H,3-6,10-11,13-14H2,1-2H3,(H,32,37)(H,35,36)/t21-/m0/s1. The Morgan fingerprint density at radius 1 is 1.08 bits per heavy atom. The van der Waals surface area contributed by atoms with Crippen molar-refractivity contribution in [1.82, 2.24) is 10.2 Å². The Labute approximate surface area is 259 Å². The first-order valence-corrected chi connectivity index (χ1v) is 15.3. The fourth-order valence-electron chi connectivity index (χ4n) is 4.86. The molecule has 1 fully saturated rings. The van der Waals surface area contributed by atoms with Crippen LogP contribution in [0.2, 0.25) is 10.0 Å². The molecule has 0 radical (unpaired) electrons. The summed E-state index contributed by atoms with van der Waals surface area (Å²) in [5.41, 5.74) is 0.622. The Morgan fingerprint density at radius 3 is 2.18 bits per heavy atom. The summed E-state index contributed by atoms with van der Waals surface area (Å²) in [4.78, 5) is 41.1. The van der Waals surface area contributed by atoms with Crippen LogP contribution in [-0.2, 0) is 27.2 Å². The van der Waals surface area contributed by atoms with E-state index in [0.717, 1.165) is 12.8 Å². The van der Waals surface area contributed by atoms with Gasteiger partial charge < -0.3 is 20.4 Å². The molecule has 2 aromatic carbocycles. The Bertz CT molecular complexity index is 1210. The molecular weight excluding hydrogens is 757 g/mol. The molecule has 2 aromatic rings. The molecule has 3 N–H and O–H groups in total. The van der Waals surface area contributed by atoms with E-state index < -0.39 is 23.3 Å². The van der Waals surface area contributed by atoms with Gasteiger partial charge in [0.2, 0.25) is 11.8 Å². The number of aromatic hydroxyl groups is 1. The number of nitrogens with zero attached hydrogens (tertiary/aromatic N) is 1. The molecule has 11 heteroatoms. The van der Waals surface area contributed by atoms with Gasteiger partial charge in [0.05, 0.1) is 7.14 Å². The number of carboxylic acid groups (broad SMARTS) is 1. The van der Waals surface area contributed by atoms with E-state index in [1.165, 1.54) is 0 Å². The number of carbonyl (C=O) groups excluding carboxylic acids is 2. The number of amides is 2. The molecule has 0 saturated carbocycles. The minimum atomic E-state index is -1.33. The first kappa shape index (κ1) is 31.2. The van der Waals surface area contributed by atoms with Crippen LogP contribution in [0.1, 0.15) is 56.2 Å². The summed E-state index contributed by atoms with van der Waals surface area (Å²) >= 11 is 16.8. The van der Waals surface area contributed by atoms with Crippen molar-refractivity contribution in [3.8, 4) is 5.75 Å². The molecule has 1 aliphatic rings. The lowest BCUT2D eigenvalue weighted by Gasteiger charge is -2.34. The van der Waals surface area contributed by atoms with Crippen LogP contribution in [0.3, 0.4) is 0 Å². The SMILES string of the molecule is CCC(CC)(C(=O)N[C@@H](Cc1cc(I)c(O)c(I)c1Cc1c(Cl)cccc1Cl)C(=O)O)C(=O)N1CCCC1. The highest BCUT2D eigenvalue weighted by Crippen LogP contribution is 2.37. The van der Waals surface area contributed by atoms with Crippen molar-refractivity contribution in [2.45, 2.75) is 58.4 Å². The van der Waals surface area contributed by atoms with Crippen LogP contribution < -0.4 is 5.32 Å². The first-order chi connectivity index (χ1) is 18.0. The van der Waals surface area contributed by atoms with Gasteiger partial charge >= 0.3 is 5.97 Å². The number of likely N-dealkylation sites (tertiary alicyclic amines) is 1. The largest absolute Gasteiger partial charge is 0.506 e. The maximum Gasteiger partial charge on any atom is 0.326 e. The van der Waals surface area contributed by atoms with Gasteiger partial charge in [-0.3, -0.25) is 9.59 Å². The highest BCUT2D eigenvalue weighted by molar-refractivity contribution is 14.1. The van der Waals surface area contributed by atoms with Crippen molar-refractivity contribution in [2.24, 2.45) is 5.41 Å². The Hall–Kier alpha value is -1.31. The molecule has 1 heterocycles. The number of carbonyl (C=O) groups is 3. The topological polar surface area (TPSA) is 107 Å². The van der Waals surface area contributed by atoms with E-state index in [2.05, 4.69) is 5.32 Å². The lowest BCUT2D eigenvalue weighted by Crippen LogP contribution is -2.55. The number of aliphatic carboxylic acids is 1. The van der Waals surface area contributed by atoms with Gasteiger partial charge in [0.15, 0.2) is 0 Å². The van der Waals surface area contributed by atoms with Gasteiger partial charge in [-0.15, -0.1) is 0 Å². The van der Waals surface area contributed by atoms with Crippen LogP contribution in [0.15, 0.2) is 24.3 Å². The molecular formula is C27H30Cl2I2N2O5. The molecule has 7 nitrogen and oxygen atoms in total. The monoisotopic (exact) mass is 786 g/mol. The van der Waals surface area contributed by atoms with Gasteiger partial charge in [0.1, 0.15) is 17.2 Å². The Morgan fingerprint density at radius 2 is 1.66 bits per heavy atom. The maximum atomic E-state index is 13.6. The quantitative estimate of drug-likeness (QED) is 0.201. The molecule has 1 saturated heterocycles. The minimum absolute atomic E-state index is 0.0494. The third-order valence-corrected chi connectivity index (χ3v) is 9.97. The van der Waals surface area contributed by atoms with Crippen molar-refractivity contribution in [3.63, 3.8) is 0 Å². The molecule has 0 bridgehead atoms.